The lowest BCUT2D eigenvalue weighted by molar-refractivity contribution is 0.0267. The summed E-state index contributed by atoms with van der Waals surface area (Å²) in [6.07, 6.45) is 1.14. The SMILES string of the molecule is CC1OCCC1(CO)Cc1cccc(Cl)c1F. The van der Waals surface area contributed by atoms with Crippen LogP contribution in [0.3, 0.4) is 0 Å². The maximum Gasteiger partial charge on any atom is 0.144 e. The van der Waals surface area contributed by atoms with Gasteiger partial charge in [-0.15, -0.1) is 0 Å². The highest BCUT2D eigenvalue weighted by Crippen LogP contribution is 2.38. The third kappa shape index (κ3) is 2.32. The number of ether oxygens (including phenoxy) is 1. The van der Waals surface area contributed by atoms with Crippen LogP contribution in [0.25, 0.3) is 0 Å². The highest BCUT2D eigenvalue weighted by atomic mass is 35.5. The minimum atomic E-state index is -0.388. The smallest absolute Gasteiger partial charge is 0.144 e. The molecule has 1 aliphatic heterocycles. The maximum absolute atomic E-state index is 13.8. The fourth-order valence-corrected chi connectivity index (χ4v) is 2.57. The molecule has 2 rings (SSSR count). The topological polar surface area (TPSA) is 29.5 Å². The van der Waals surface area contributed by atoms with Gasteiger partial charge in [-0.1, -0.05) is 23.7 Å². The second-order valence-electron chi connectivity index (χ2n) is 4.67. The zero-order valence-electron chi connectivity index (χ0n) is 9.75. The number of aliphatic hydroxyl groups excluding tert-OH is 1. The standard InChI is InChI=1S/C13H16ClFO2/c1-9-13(8-16,5-6-17-9)7-10-3-2-4-11(14)12(10)15/h2-4,9,16H,5-8H2,1H3. The summed E-state index contributed by atoms with van der Waals surface area (Å²) in [4.78, 5) is 0. The summed E-state index contributed by atoms with van der Waals surface area (Å²) in [6.45, 7) is 2.54. The van der Waals surface area contributed by atoms with E-state index in [1.807, 2.05) is 6.92 Å². The Hall–Kier alpha value is -0.640. The molecular weight excluding hydrogens is 243 g/mol. The van der Waals surface area contributed by atoms with Crippen molar-refractivity contribution in [3.05, 3.63) is 34.6 Å². The molecule has 0 radical (unpaired) electrons. The zero-order chi connectivity index (χ0) is 12.5. The number of benzene rings is 1. The summed E-state index contributed by atoms with van der Waals surface area (Å²) in [5.74, 6) is -0.388. The normalized spacial score (nSPS) is 28.6. The van der Waals surface area contributed by atoms with Gasteiger partial charge in [-0.25, -0.2) is 4.39 Å². The van der Waals surface area contributed by atoms with Gasteiger partial charge in [0.2, 0.25) is 0 Å². The van der Waals surface area contributed by atoms with Crippen molar-refractivity contribution in [2.75, 3.05) is 13.2 Å². The van der Waals surface area contributed by atoms with Crippen molar-refractivity contribution in [3.8, 4) is 0 Å². The summed E-state index contributed by atoms with van der Waals surface area (Å²) >= 11 is 5.76. The second kappa shape index (κ2) is 4.92. The number of hydrogen-bond acceptors (Lipinski definition) is 2. The van der Waals surface area contributed by atoms with Crippen LogP contribution in [0, 0.1) is 11.2 Å². The number of hydrogen-bond donors (Lipinski definition) is 1. The molecular formula is C13H16ClFO2. The fourth-order valence-electron chi connectivity index (χ4n) is 2.38. The maximum atomic E-state index is 13.8. The third-order valence-corrected chi connectivity index (χ3v) is 4.01. The monoisotopic (exact) mass is 258 g/mol. The van der Waals surface area contributed by atoms with E-state index < -0.39 is 0 Å². The Morgan fingerprint density at radius 1 is 1.59 bits per heavy atom. The van der Waals surface area contributed by atoms with Crippen LogP contribution in [0.1, 0.15) is 18.9 Å². The van der Waals surface area contributed by atoms with Gasteiger partial charge in [0, 0.05) is 12.0 Å². The lowest BCUT2D eigenvalue weighted by Crippen LogP contribution is -2.35. The van der Waals surface area contributed by atoms with Crippen molar-refractivity contribution in [3.63, 3.8) is 0 Å². The average Bonchev–Trinajstić information content (AvgIpc) is 2.67. The van der Waals surface area contributed by atoms with Gasteiger partial charge in [-0.3, -0.25) is 0 Å². The fraction of sp³-hybridized carbons (Fsp3) is 0.538. The first-order valence-electron chi connectivity index (χ1n) is 5.74. The van der Waals surface area contributed by atoms with E-state index in [4.69, 9.17) is 16.3 Å². The Balaban J connectivity index is 2.27. The Bertz CT molecular complexity index is 410. The average molecular weight is 259 g/mol. The summed E-state index contributed by atoms with van der Waals surface area (Å²) in [5, 5.41) is 9.70. The second-order valence-corrected chi connectivity index (χ2v) is 5.08. The third-order valence-electron chi connectivity index (χ3n) is 3.72. The van der Waals surface area contributed by atoms with E-state index in [0.717, 1.165) is 6.42 Å². The van der Waals surface area contributed by atoms with Gasteiger partial charge in [0.15, 0.2) is 0 Å². The Labute approximate surface area is 105 Å². The molecule has 2 unspecified atom stereocenters. The van der Waals surface area contributed by atoms with E-state index in [1.54, 1.807) is 12.1 Å². The van der Waals surface area contributed by atoms with E-state index in [0.29, 0.717) is 18.6 Å². The number of rotatable bonds is 3. The Kier molecular flexibility index (Phi) is 3.71. The van der Waals surface area contributed by atoms with Crippen molar-refractivity contribution >= 4 is 11.6 Å². The van der Waals surface area contributed by atoms with Crippen molar-refractivity contribution < 1.29 is 14.2 Å². The van der Waals surface area contributed by atoms with E-state index in [1.165, 1.54) is 6.07 Å². The van der Waals surface area contributed by atoms with Crippen molar-refractivity contribution in [1.82, 2.24) is 0 Å². The number of aliphatic hydroxyl groups is 1. The number of halogens is 2. The van der Waals surface area contributed by atoms with Crippen LogP contribution >= 0.6 is 11.6 Å². The molecule has 0 amide bonds. The predicted molar refractivity (Wildman–Crippen MR) is 64.7 cm³/mol. The van der Waals surface area contributed by atoms with Crippen LogP contribution in [0.5, 0.6) is 0 Å². The molecule has 1 aromatic rings. The summed E-state index contributed by atoms with van der Waals surface area (Å²) in [7, 11) is 0. The summed E-state index contributed by atoms with van der Waals surface area (Å²) in [6, 6.07) is 4.97. The van der Waals surface area contributed by atoms with E-state index in [2.05, 4.69) is 0 Å². The van der Waals surface area contributed by atoms with Crippen LogP contribution in [0.4, 0.5) is 4.39 Å². The van der Waals surface area contributed by atoms with E-state index >= 15 is 0 Å². The van der Waals surface area contributed by atoms with Gasteiger partial charge in [0.05, 0.1) is 17.7 Å². The molecule has 0 saturated carbocycles. The van der Waals surface area contributed by atoms with Gasteiger partial charge < -0.3 is 9.84 Å². The van der Waals surface area contributed by atoms with Gasteiger partial charge in [0.25, 0.3) is 0 Å². The first kappa shape index (κ1) is 12.8. The van der Waals surface area contributed by atoms with Crippen LogP contribution in [-0.4, -0.2) is 24.4 Å². The van der Waals surface area contributed by atoms with Crippen LogP contribution in [-0.2, 0) is 11.2 Å². The molecule has 17 heavy (non-hydrogen) atoms. The van der Waals surface area contributed by atoms with E-state index in [9.17, 15) is 9.50 Å². The predicted octanol–water partition coefficient (Wildman–Crippen LogP) is 2.81. The van der Waals surface area contributed by atoms with Gasteiger partial charge >= 0.3 is 0 Å². The van der Waals surface area contributed by atoms with Crippen molar-refractivity contribution in [2.24, 2.45) is 5.41 Å². The van der Waals surface area contributed by atoms with Crippen molar-refractivity contribution in [2.45, 2.75) is 25.9 Å². The summed E-state index contributed by atoms with van der Waals surface area (Å²) < 4.78 is 19.3. The molecule has 1 heterocycles. The molecule has 1 aliphatic rings. The molecule has 1 saturated heterocycles. The zero-order valence-corrected chi connectivity index (χ0v) is 10.5. The van der Waals surface area contributed by atoms with Crippen LogP contribution < -0.4 is 0 Å². The first-order chi connectivity index (χ1) is 8.09. The molecule has 0 bridgehead atoms. The Morgan fingerprint density at radius 3 is 2.94 bits per heavy atom. The van der Waals surface area contributed by atoms with E-state index in [-0.39, 0.29) is 29.0 Å². The lowest BCUT2D eigenvalue weighted by Gasteiger charge is -2.30. The molecule has 4 heteroatoms. The minimum absolute atomic E-state index is 0.000119. The van der Waals surface area contributed by atoms with Crippen molar-refractivity contribution in [1.29, 1.82) is 0 Å². The van der Waals surface area contributed by atoms with Gasteiger partial charge in [-0.2, -0.15) is 0 Å². The van der Waals surface area contributed by atoms with Crippen LogP contribution in [0.15, 0.2) is 18.2 Å². The van der Waals surface area contributed by atoms with Gasteiger partial charge in [-0.05, 0) is 31.4 Å². The minimum Gasteiger partial charge on any atom is -0.396 e. The molecule has 0 aliphatic carbocycles. The van der Waals surface area contributed by atoms with Gasteiger partial charge in [0.1, 0.15) is 5.82 Å². The molecule has 94 valence electrons. The molecule has 0 aromatic heterocycles. The first-order valence-corrected chi connectivity index (χ1v) is 6.12. The largest absolute Gasteiger partial charge is 0.396 e. The Morgan fingerprint density at radius 2 is 2.35 bits per heavy atom. The molecule has 2 atom stereocenters. The highest BCUT2D eigenvalue weighted by Gasteiger charge is 2.41. The molecule has 0 spiro atoms. The lowest BCUT2D eigenvalue weighted by atomic mass is 9.77. The highest BCUT2D eigenvalue weighted by molar-refractivity contribution is 6.30. The van der Waals surface area contributed by atoms with Crippen LogP contribution in [0.2, 0.25) is 5.02 Å². The quantitative estimate of drug-likeness (QED) is 0.903. The summed E-state index contributed by atoms with van der Waals surface area (Å²) in [5.41, 5.74) is 0.162. The molecule has 1 fully saturated rings. The molecule has 2 nitrogen and oxygen atoms in total. The molecule has 1 N–H and O–H groups in total. The molecule has 1 aromatic carbocycles.